The molecule has 11 heavy (non-hydrogen) atoms. The van der Waals surface area contributed by atoms with Gasteiger partial charge in [-0.2, -0.15) is 0 Å². The molecule has 0 radical (unpaired) electrons. The van der Waals surface area contributed by atoms with E-state index in [-0.39, 0.29) is 5.16 Å². The van der Waals surface area contributed by atoms with Gasteiger partial charge < -0.3 is 4.42 Å². The van der Waals surface area contributed by atoms with Crippen molar-refractivity contribution in [3.63, 3.8) is 0 Å². The van der Waals surface area contributed by atoms with Crippen LogP contribution in [-0.4, -0.2) is 5.16 Å². The molecule has 1 nitrogen and oxygen atoms in total. The summed E-state index contributed by atoms with van der Waals surface area (Å²) in [6.45, 7) is 6.36. The van der Waals surface area contributed by atoms with Crippen LogP contribution in [0, 0.1) is 0 Å². The summed E-state index contributed by atoms with van der Waals surface area (Å²) < 4.78 is 5.22. The highest BCUT2D eigenvalue weighted by atomic mass is 35.7. The summed E-state index contributed by atoms with van der Waals surface area (Å²) in [5.74, 6) is 0. The third-order valence-electron chi connectivity index (χ3n) is 1.29. The fourth-order valence-corrected chi connectivity index (χ4v) is 2.03. The number of hydrogen-bond acceptors (Lipinski definition) is 1. The van der Waals surface area contributed by atoms with E-state index in [0.717, 1.165) is 5.50 Å². The lowest BCUT2D eigenvalue weighted by Gasteiger charge is -2.22. The van der Waals surface area contributed by atoms with Crippen molar-refractivity contribution in [2.24, 2.45) is 0 Å². The molecular formula is C8H12ClOP. The smallest absolute Gasteiger partial charge is 0.141 e. The molecule has 1 aromatic rings. The zero-order valence-corrected chi connectivity index (χ0v) is 8.62. The predicted octanol–water partition coefficient (Wildman–Crippen LogP) is 3.34. The second-order valence-corrected chi connectivity index (χ2v) is 6.76. The molecule has 62 valence electrons. The summed E-state index contributed by atoms with van der Waals surface area (Å²) >= 11 is 6.19. The molecule has 1 heterocycles. The minimum Gasteiger partial charge on any atom is -0.463 e. The van der Waals surface area contributed by atoms with Crippen molar-refractivity contribution >= 4 is 24.0 Å². The van der Waals surface area contributed by atoms with E-state index < -0.39 is 7.27 Å². The van der Waals surface area contributed by atoms with Crippen molar-refractivity contribution in [1.82, 2.24) is 0 Å². The van der Waals surface area contributed by atoms with Gasteiger partial charge in [-0.05, 0) is 12.1 Å². The van der Waals surface area contributed by atoms with Gasteiger partial charge in [0, 0.05) is 5.16 Å². The molecule has 0 fully saturated rings. The van der Waals surface area contributed by atoms with Gasteiger partial charge in [0.15, 0.2) is 0 Å². The van der Waals surface area contributed by atoms with E-state index in [0.29, 0.717) is 0 Å². The van der Waals surface area contributed by atoms with Crippen molar-refractivity contribution in [3.05, 3.63) is 18.4 Å². The molecule has 0 N–H and O–H groups in total. The largest absolute Gasteiger partial charge is 0.463 e. The van der Waals surface area contributed by atoms with Crippen molar-refractivity contribution in [1.29, 1.82) is 0 Å². The van der Waals surface area contributed by atoms with Crippen LogP contribution in [0.2, 0.25) is 0 Å². The van der Waals surface area contributed by atoms with Gasteiger partial charge in [0.1, 0.15) is 5.50 Å². The summed E-state index contributed by atoms with van der Waals surface area (Å²) in [7, 11) is -0.674. The highest BCUT2D eigenvalue weighted by molar-refractivity contribution is 7.90. The Morgan fingerprint density at radius 3 is 2.45 bits per heavy atom. The van der Waals surface area contributed by atoms with Gasteiger partial charge in [0.05, 0.1) is 13.5 Å². The number of rotatable bonds is 1. The highest BCUT2D eigenvalue weighted by Crippen LogP contribution is 2.52. The van der Waals surface area contributed by atoms with Crippen LogP contribution in [0.4, 0.5) is 0 Å². The molecule has 1 rings (SSSR count). The fourth-order valence-electron chi connectivity index (χ4n) is 0.712. The van der Waals surface area contributed by atoms with Crippen LogP contribution in [0.1, 0.15) is 20.8 Å². The SMILES string of the molecule is CC(C)(C)P(Cl)c1ccco1. The number of hydrogen-bond donors (Lipinski definition) is 0. The summed E-state index contributed by atoms with van der Waals surface area (Å²) in [6.07, 6.45) is 1.67. The Balaban J connectivity index is 2.78. The monoisotopic (exact) mass is 190 g/mol. The van der Waals surface area contributed by atoms with Crippen LogP contribution in [0.15, 0.2) is 22.8 Å². The maximum atomic E-state index is 6.19. The molecule has 0 saturated carbocycles. The zero-order valence-electron chi connectivity index (χ0n) is 6.97. The average molecular weight is 191 g/mol. The van der Waals surface area contributed by atoms with Gasteiger partial charge in [-0.1, -0.05) is 32.0 Å². The quantitative estimate of drug-likeness (QED) is 0.619. The highest BCUT2D eigenvalue weighted by Gasteiger charge is 2.25. The topological polar surface area (TPSA) is 13.1 Å². The Morgan fingerprint density at radius 1 is 1.45 bits per heavy atom. The van der Waals surface area contributed by atoms with Crippen molar-refractivity contribution in [3.8, 4) is 0 Å². The van der Waals surface area contributed by atoms with Crippen LogP contribution in [0.5, 0.6) is 0 Å². The minimum atomic E-state index is -0.674. The van der Waals surface area contributed by atoms with E-state index in [1.54, 1.807) is 6.26 Å². The third-order valence-corrected chi connectivity index (χ3v) is 5.13. The Morgan fingerprint density at radius 2 is 2.09 bits per heavy atom. The predicted molar refractivity (Wildman–Crippen MR) is 50.9 cm³/mol. The fraction of sp³-hybridized carbons (Fsp3) is 0.500. The molecule has 1 unspecified atom stereocenters. The molecule has 0 aliphatic rings. The van der Waals surface area contributed by atoms with Crippen LogP contribution in [0.3, 0.4) is 0 Å². The first-order valence-electron chi connectivity index (χ1n) is 3.51. The first-order chi connectivity index (χ1) is 5.02. The van der Waals surface area contributed by atoms with Crippen molar-refractivity contribution in [2.75, 3.05) is 0 Å². The summed E-state index contributed by atoms with van der Waals surface area (Å²) in [5.41, 5.74) is 0.911. The molecule has 0 spiro atoms. The van der Waals surface area contributed by atoms with Crippen LogP contribution in [0.25, 0.3) is 0 Å². The number of halogens is 1. The summed E-state index contributed by atoms with van der Waals surface area (Å²) in [4.78, 5) is 0. The van der Waals surface area contributed by atoms with Gasteiger partial charge in [-0.3, -0.25) is 0 Å². The van der Waals surface area contributed by atoms with Crippen LogP contribution in [-0.2, 0) is 0 Å². The third kappa shape index (κ3) is 2.21. The normalized spacial score (nSPS) is 14.9. The summed E-state index contributed by atoms with van der Waals surface area (Å²) in [5, 5.41) is 0.120. The molecule has 0 amide bonds. The van der Waals surface area contributed by atoms with Gasteiger partial charge >= 0.3 is 0 Å². The average Bonchev–Trinajstić information content (AvgIpc) is 2.34. The zero-order chi connectivity index (χ0) is 8.48. The van der Waals surface area contributed by atoms with Crippen molar-refractivity contribution < 1.29 is 4.42 Å². The van der Waals surface area contributed by atoms with E-state index in [4.69, 9.17) is 15.7 Å². The van der Waals surface area contributed by atoms with E-state index in [9.17, 15) is 0 Å². The maximum absolute atomic E-state index is 6.19. The van der Waals surface area contributed by atoms with Crippen LogP contribution < -0.4 is 5.50 Å². The molecule has 0 aliphatic heterocycles. The number of furan rings is 1. The first kappa shape index (κ1) is 9.09. The summed E-state index contributed by atoms with van der Waals surface area (Å²) in [6, 6.07) is 3.81. The van der Waals surface area contributed by atoms with E-state index in [1.165, 1.54) is 0 Å². The molecule has 1 aromatic heterocycles. The molecule has 0 aromatic carbocycles. The Bertz CT molecular complexity index is 212. The Kier molecular flexibility index (Phi) is 2.61. The molecule has 1 atom stereocenters. The molecule has 0 saturated heterocycles. The standard InChI is InChI=1S/C8H12ClOP/c1-8(2,3)11(9)7-5-4-6-10-7/h4-6H,1-3H3. The molecule has 0 aliphatic carbocycles. The Hall–Kier alpha value is -0.0000000000000000555. The van der Waals surface area contributed by atoms with Gasteiger partial charge in [-0.25, -0.2) is 0 Å². The maximum Gasteiger partial charge on any atom is 0.141 e. The minimum absolute atomic E-state index is 0.120. The lowest BCUT2D eigenvalue weighted by Crippen LogP contribution is -2.14. The van der Waals surface area contributed by atoms with E-state index in [2.05, 4.69) is 20.8 Å². The molecule has 3 heteroatoms. The second kappa shape index (κ2) is 3.16. The van der Waals surface area contributed by atoms with E-state index in [1.807, 2.05) is 12.1 Å². The van der Waals surface area contributed by atoms with Gasteiger partial charge in [-0.15, -0.1) is 0 Å². The van der Waals surface area contributed by atoms with Crippen molar-refractivity contribution in [2.45, 2.75) is 25.9 Å². The van der Waals surface area contributed by atoms with Gasteiger partial charge in [0.2, 0.25) is 0 Å². The molecule has 0 bridgehead atoms. The van der Waals surface area contributed by atoms with Crippen LogP contribution >= 0.6 is 18.5 Å². The lowest BCUT2D eigenvalue weighted by molar-refractivity contribution is 0.600. The first-order valence-corrected chi connectivity index (χ1v) is 5.76. The lowest BCUT2D eigenvalue weighted by atomic mass is 10.3. The Labute approximate surface area is 73.3 Å². The molecular weight excluding hydrogens is 179 g/mol. The second-order valence-electron chi connectivity index (χ2n) is 3.40. The van der Waals surface area contributed by atoms with E-state index >= 15 is 0 Å². The van der Waals surface area contributed by atoms with Gasteiger partial charge in [0.25, 0.3) is 0 Å².